The van der Waals surface area contributed by atoms with Crippen molar-refractivity contribution in [1.82, 2.24) is 4.90 Å². The Labute approximate surface area is 196 Å². The third-order valence-corrected chi connectivity index (χ3v) is 6.93. The molecule has 0 unspecified atom stereocenters. The highest BCUT2D eigenvalue weighted by Gasteiger charge is 2.38. The molecule has 1 fully saturated rings. The van der Waals surface area contributed by atoms with E-state index in [1.165, 1.54) is 24.3 Å². The van der Waals surface area contributed by atoms with E-state index >= 15 is 0 Å². The largest absolute Gasteiger partial charge is 0.342 e. The molecule has 5 nitrogen and oxygen atoms in total. The van der Waals surface area contributed by atoms with E-state index in [4.69, 9.17) is 15.8 Å². The van der Waals surface area contributed by atoms with E-state index in [1.54, 1.807) is 4.90 Å². The Bertz CT molecular complexity index is 1110. The monoisotopic (exact) mass is 503 g/mol. The SMILES string of the molecule is CS(=O)(=O)OCC[C@]1(c2ccc(F)c(F)c2)CCCCN(C(=O)Cc2c(F)cccc2Cl)C1. The zero-order chi connectivity index (χ0) is 24.2. The summed E-state index contributed by atoms with van der Waals surface area (Å²) < 4.78 is 69.8. The minimum absolute atomic E-state index is 0.0900. The van der Waals surface area contributed by atoms with Crippen LogP contribution in [-0.4, -0.2) is 45.2 Å². The second-order valence-corrected chi connectivity index (χ2v) is 10.4. The molecular weight excluding hydrogens is 479 g/mol. The van der Waals surface area contributed by atoms with Crippen molar-refractivity contribution in [2.24, 2.45) is 0 Å². The first-order valence-corrected chi connectivity index (χ1v) is 12.7. The van der Waals surface area contributed by atoms with Crippen LogP contribution in [-0.2, 0) is 30.9 Å². The number of benzene rings is 2. The van der Waals surface area contributed by atoms with Gasteiger partial charge in [-0.25, -0.2) is 13.2 Å². The highest BCUT2D eigenvalue weighted by atomic mass is 35.5. The Balaban J connectivity index is 1.92. The number of carbonyl (C=O) groups excluding carboxylic acids is 1. The van der Waals surface area contributed by atoms with Gasteiger partial charge in [0.25, 0.3) is 10.1 Å². The third-order valence-electron chi connectivity index (χ3n) is 5.98. The average molecular weight is 504 g/mol. The Morgan fingerprint density at radius 2 is 1.88 bits per heavy atom. The zero-order valence-corrected chi connectivity index (χ0v) is 19.7. The van der Waals surface area contributed by atoms with Crippen LogP contribution in [0.1, 0.15) is 36.8 Å². The van der Waals surface area contributed by atoms with Crippen LogP contribution in [0.3, 0.4) is 0 Å². The lowest BCUT2D eigenvalue weighted by atomic mass is 9.74. The van der Waals surface area contributed by atoms with E-state index in [9.17, 15) is 26.4 Å². The molecule has 0 saturated carbocycles. The van der Waals surface area contributed by atoms with Gasteiger partial charge in [0, 0.05) is 29.1 Å². The van der Waals surface area contributed by atoms with Crippen molar-refractivity contribution in [1.29, 1.82) is 0 Å². The molecule has 2 aromatic rings. The summed E-state index contributed by atoms with van der Waals surface area (Å²) >= 11 is 6.08. The van der Waals surface area contributed by atoms with Gasteiger partial charge in [-0.05, 0) is 49.1 Å². The van der Waals surface area contributed by atoms with Crippen LogP contribution in [0.4, 0.5) is 13.2 Å². The Kier molecular flexibility index (Phi) is 8.08. The van der Waals surface area contributed by atoms with Gasteiger partial charge in [0.2, 0.25) is 5.91 Å². The lowest BCUT2D eigenvalue weighted by Crippen LogP contribution is -2.44. The van der Waals surface area contributed by atoms with E-state index in [-0.39, 0.29) is 42.5 Å². The summed E-state index contributed by atoms with van der Waals surface area (Å²) in [5.74, 6) is -2.98. The Morgan fingerprint density at radius 3 is 2.55 bits per heavy atom. The van der Waals surface area contributed by atoms with Gasteiger partial charge in [-0.2, -0.15) is 8.42 Å². The van der Waals surface area contributed by atoms with Crippen molar-refractivity contribution in [3.05, 3.63) is 70.0 Å². The molecular formula is C23H25ClF3NO4S. The molecule has 1 saturated heterocycles. The summed E-state index contributed by atoms with van der Waals surface area (Å²) in [6, 6.07) is 7.72. The second kappa shape index (κ2) is 10.4. The number of nitrogens with zero attached hydrogens (tertiary/aromatic N) is 1. The van der Waals surface area contributed by atoms with E-state index in [2.05, 4.69) is 0 Å². The summed E-state index contributed by atoms with van der Waals surface area (Å²) in [6.07, 6.45) is 2.67. The van der Waals surface area contributed by atoms with Crippen LogP contribution in [0, 0.1) is 17.5 Å². The molecule has 0 radical (unpaired) electrons. The molecule has 0 aromatic heterocycles. The number of carbonyl (C=O) groups is 1. The molecule has 2 aromatic carbocycles. The van der Waals surface area contributed by atoms with E-state index in [0.717, 1.165) is 18.4 Å². The first-order chi connectivity index (χ1) is 15.5. The molecule has 0 spiro atoms. The first-order valence-electron chi connectivity index (χ1n) is 10.5. The highest BCUT2D eigenvalue weighted by Crippen LogP contribution is 2.38. The molecule has 0 bridgehead atoms. The molecule has 3 rings (SSSR count). The van der Waals surface area contributed by atoms with Gasteiger partial charge >= 0.3 is 0 Å². The smallest absolute Gasteiger partial charge is 0.264 e. The van der Waals surface area contributed by atoms with Gasteiger partial charge in [0.1, 0.15) is 5.82 Å². The maximum atomic E-state index is 14.2. The molecule has 1 amide bonds. The summed E-state index contributed by atoms with van der Waals surface area (Å²) in [6.45, 7) is 0.332. The van der Waals surface area contributed by atoms with Gasteiger partial charge in [-0.15, -0.1) is 0 Å². The van der Waals surface area contributed by atoms with Crippen molar-refractivity contribution < 1.29 is 30.6 Å². The van der Waals surface area contributed by atoms with Gasteiger partial charge in [-0.1, -0.05) is 30.2 Å². The molecule has 33 heavy (non-hydrogen) atoms. The normalized spacial score (nSPS) is 19.4. The Hall–Kier alpha value is -2.10. The van der Waals surface area contributed by atoms with Crippen LogP contribution >= 0.6 is 11.6 Å². The molecule has 0 N–H and O–H groups in total. The average Bonchev–Trinajstić information content (AvgIpc) is 2.95. The fourth-order valence-electron chi connectivity index (χ4n) is 4.27. The van der Waals surface area contributed by atoms with Gasteiger partial charge < -0.3 is 4.90 Å². The number of hydrogen-bond acceptors (Lipinski definition) is 4. The second-order valence-electron chi connectivity index (χ2n) is 8.33. The van der Waals surface area contributed by atoms with Crippen molar-refractivity contribution in [2.75, 3.05) is 26.0 Å². The van der Waals surface area contributed by atoms with E-state index in [0.29, 0.717) is 31.4 Å². The fraction of sp³-hybridized carbons (Fsp3) is 0.435. The van der Waals surface area contributed by atoms with Crippen LogP contribution < -0.4 is 0 Å². The molecule has 1 atom stereocenters. The van der Waals surface area contributed by atoms with E-state index in [1.807, 2.05) is 0 Å². The summed E-state index contributed by atoms with van der Waals surface area (Å²) in [4.78, 5) is 14.7. The minimum atomic E-state index is -3.71. The number of amides is 1. The number of rotatable bonds is 7. The van der Waals surface area contributed by atoms with Crippen LogP contribution in [0.2, 0.25) is 5.02 Å². The minimum Gasteiger partial charge on any atom is -0.342 e. The van der Waals surface area contributed by atoms with Crippen molar-refractivity contribution in [2.45, 2.75) is 37.5 Å². The van der Waals surface area contributed by atoms with Crippen LogP contribution in [0.15, 0.2) is 36.4 Å². The molecule has 0 aliphatic carbocycles. The summed E-state index contributed by atoms with van der Waals surface area (Å²) in [7, 11) is -3.71. The lowest BCUT2D eigenvalue weighted by molar-refractivity contribution is -0.131. The summed E-state index contributed by atoms with van der Waals surface area (Å²) in [5, 5.41) is 0.145. The zero-order valence-electron chi connectivity index (χ0n) is 18.1. The topological polar surface area (TPSA) is 63.7 Å². The Morgan fingerprint density at radius 1 is 1.12 bits per heavy atom. The van der Waals surface area contributed by atoms with Crippen molar-refractivity contribution in [3.63, 3.8) is 0 Å². The molecule has 1 heterocycles. The molecule has 1 aliphatic heterocycles. The number of hydrogen-bond donors (Lipinski definition) is 0. The maximum absolute atomic E-state index is 14.2. The molecule has 180 valence electrons. The number of halogens is 4. The summed E-state index contributed by atoms with van der Waals surface area (Å²) in [5.41, 5.74) is -0.334. The predicted octanol–water partition coefficient (Wildman–Crippen LogP) is 4.62. The van der Waals surface area contributed by atoms with Crippen molar-refractivity contribution in [3.8, 4) is 0 Å². The van der Waals surface area contributed by atoms with Gasteiger partial charge in [0.15, 0.2) is 11.6 Å². The van der Waals surface area contributed by atoms with Crippen molar-refractivity contribution >= 4 is 27.6 Å². The first kappa shape index (κ1) is 25.5. The molecule has 10 heteroatoms. The quantitative estimate of drug-likeness (QED) is 0.517. The number of likely N-dealkylation sites (tertiary alicyclic amines) is 1. The van der Waals surface area contributed by atoms with Gasteiger partial charge in [0.05, 0.1) is 19.3 Å². The maximum Gasteiger partial charge on any atom is 0.264 e. The third kappa shape index (κ3) is 6.49. The van der Waals surface area contributed by atoms with Crippen LogP contribution in [0.25, 0.3) is 0 Å². The highest BCUT2D eigenvalue weighted by molar-refractivity contribution is 7.85. The van der Waals surface area contributed by atoms with Crippen LogP contribution in [0.5, 0.6) is 0 Å². The fourth-order valence-corrected chi connectivity index (χ4v) is 4.88. The predicted molar refractivity (Wildman–Crippen MR) is 119 cm³/mol. The molecule has 1 aliphatic rings. The standard InChI is InChI=1S/C23H25ClF3NO4S/c1-33(30,31)32-12-10-23(16-7-8-20(26)21(27)13-16)9-2-3-11-28(15-23)22(29)14-17-18(24)5-4-6-19(17)25/h4-8,13H,2-3,9-12,14-15H2,1H3/t23-/m1/s1. The lowest BCUT2D eigenvalue weighted by Gasteiger charge is -2.37. The van der Waals surface area contributed by atoms with E-state index < -0.39 is 33.0 Å². The van der Waals surface area contributed by atoms with Gasteiger partial charge in [-0.3, -0.25) is 8.98 Å².